The van der Waals surface area contributed by atoms with Crippen LogP contribution in [0.3, 0.4) is 0 Å². The van der Waals surface area contributed by atoms with E-state index < -0.39 is 0 Å². The molecule has 9 heteroatoms. The number of aryl methyl sites for hydroxylation is 1. The number of aromatic nitrogens is 2. The molecule has 0 aliphatic heterocycles. The molecule has 7 nitrogen and oxygen atoms in total. The highest BCUT2D eigenvalue weighted by Crippen LogP contribution is 2.24. The van der Waals surface area contributed by atoms with Crippen LogP contribution in [0.2, 0.25) is 0 Å². The Labute approximate surface area is 170 Å². The minimum atomic E-state index is -0.249. The van der Waals surface area contributed by atoms with Gasteiger partial charge in [-0.1, -0.05) is 65.1 Å². The largest absolute Gasteiger partial charge is 0.374 e. The standard InChI is InChI=1S/C19H19N5O2S2/c1-12-6-8-13(9-7-12)10-21-17(26)14-4-2-3-5-15(14)22-16(25)11-27-19-24-23-18(20)28-19/h2-9H,10-11H2,1H3,(H2,20,23)(H,21,26)(H,22,25). The average Bonchev–Trinajstić information content (AvgIpc) is 3.11. The highest BCUT2D eigenvalue weighted by atomic mass is 32.2. The van der Waals surface area contributed by atoms with Gasteiger partial charge in [0.05, 0.1) is 17.0 Å². The predicted molar refractivity (Wildman–Crippen MR) is 112 cm³/mol. The number of carbonyl (C=O) groups is 2. The molecule has 0 aliphatic carbocycles. The van der Waals surface area contributed by atoms with Crippen LogP contribution in [0.1, 0.15) is 21.5 Å². The van der Waals surface area contributed by atoms with Crippen molar-refractivity contribution in [3.63, 3.8) is 0 Å². The molecule has 0 fully saturated rings. The van der Waals surface area contributed by atoms with Crippen molar-refractivity contribution in [2.24, 2.45) is 0 Å². The van der Waals surface area contributed by atoms with Crippen LogP contribution in [0.15, 0.2) is 52.9 Å². The third-order valence-electron chi connectivity index (χ3n) is 3.77. The number of thioether (sulfide) groups is 1. The number of nitrogens with one attached hydrogen (secondary N) is 2. The van der Waals surface area contributed by atoms with Crippen molar-refractivity contribution in [1.29, 1.82) is 0 Å². The number of amides is 2. The Kier molecular flexibility index (Phi) is 6.62. The summed E-state index contributed by atoms with van der Waals surface area (Å²) in [7, 11) is 0. The Morgan fingerprint density at radius 2 is 1.86 bits per heavy atom. The second-order valence-corrected chi connectivity index (χ2v) is 8.19. The van der Waals surface area contributed by atoms with Gasteiger partial charge in [0.1, 0.15) is 0 Å². The summed E-state index contributed by atoms with van der Waals surface area (Å²) in [5.41, 5.74) is 8.57. The van der Waals surface area contributed by atoms with Gasteiger partial charge in [0, 0.05) is 6.54 Å². The van der Waals surface area contributed by atoms with Gasteiger partial charge in [-0.25, -0.2) is 0 Å². The number of benzene rings is 2. The van der Waals surface area contributed by atoms with E-state index in [1.165, 1.54) is 23.1 Å². The number of anilines is 2. The highest BCUT2D eigenvalue weighted by molar-refractivity contribution is 8.01. The van der Waals surface area contributed by atoms with Gasteiger partial charge < -0.3 is 16.4 Å². The van der Waals surface area contributed by atoms with Crippen molar-refractivity contribution in [3.05, 3.63) is 65.2 Å². The smallest absolute Gasteiger partial charge is 0.253 e. The number of rotatable bonds is 7. The molecular formula is C19H19N5O2S2. The normalized spacial score (nSPS) is 10.5. The van der Waals surface area contributed by atoms with Crippen molar-refractivity contribution in [3.8, 4) is 0 Å². The number of carbonyl (C=O) groups excluding carboxylic acids is 2. The number of nitrogens with zero attached hydrogens (tertiary/aromatic N) is 2. The minimum Gasteiger partial charge on any atom is -0.374 e. The van der Waals surface area contributed by atoms with E-state index in [1.807, 2.05) is 31.2 Å². The van der Waals surface area contributed by atoms with Crippen LogP contribution in [-0.4, -0.2) is 27.8 Å². The number of hydrogen-bond donors (Lipinski definition) is 3. The first kappa shape index (κ1) is 19.8. The first-order chi connectivity index (χ1) is 13.5. The molecule has 1 aromatic heterocycles. The first-order valence-corrected chi connectivity index (χ1v) is 10.3. The van der Waals surface area contributed by atoms with E-state index in [-0.39, 0.29) is 17.6 Å². The number of nitrogen functional groups attached to an aromatic ring is 1. The molecule has 0 saturated carbocycles. The molecule has 0 radical (unpaired) electrons. The van der Waals surface area contributed by atoms with Crippen LogP contribution in [0, 0.1) is 6.92 Å². The zero-order valence-electron chi connectivity index (χ0n) is 15.1. The van der Waals surface area contributed by atoms with Crippen LogP contribution in [0.25, 0.3) is 0 Å². The van der Waals surface area contributed by atoms with E-state index in [1.54, 1.807) is 24.3 Å². The van der Waals surface area contributed by atoms with Gasteiger partial charge in [-0.2, -0.15) is 0 Å². The molecule has 0 bridgehead atoms. The van der Waals surface area contributed by atoms with Gasteiger partial charge in [-0.3, -0.25) is 9.59 Å². The maximum atomic E-state index is 12.6. The Morgan fingerprint density at radius 3 is 2.57 bits per heavy atom. The third kappa shape index (κ3) is 5.54. The lowest BCUT2D eigenvalue weighted by atomic mass is 10.1. The molecule has 3 aromatic rings. The van der Waals surface area contributed by atoms with E-state index in [9.17, 15) is 9.59 Å². The lowest BCUT2D eigenvalue weighted by Gasteiger charge is -2.11. The third-order valence-corrected chi connectivity index (χ3v) is 5.65. The highest BCUT2D eigenvalue weighted by Gasteiger charge is 2.14. The molecule has 4 N–H and O–H groups in total. The van der Waals surface area contributed by atoms with Crippen molar-refractivity contribution in [1.82, 2.24) is 15.5 Å². The van der Waals surface area contributed by atoms with Crippen molar-refractivity contribution < 1.29 is 9.59 Å². The van der Waals surface area contributed by atoms with Crippen LogP contribution < -0.4 is 16.4 Å². The quantitative estimate of drug-likeness (QED) is 0.514. The molecule has 144 valence electrons. The Hall–Kier alpha value is -2.91. The van der Waals surface area contributed by atoms with E-state index in [0.29, 0.717) is 27.3 Å². The molecule has 0 unspecified atom stereocenters. The molecular weight excluding hydrogens is 394 g/mol. The maximum Gasteiger partial charge on any atom is 0.253 e. The van der Waals surface area contributed by atoms with Crippen LogP contribution >= 0.6 is 23.1 Å². The van der Waals surface area contributed by atoms with Crippen LogP contribution in [0.5, 0.6) is 0 Å². The van der Waals surface area contributed by atoms with Gasteiger partial charge in [0.25, 0.3) is 5.91 Å². The van der Waals surface area contributed by atoms with E-state index in [2.05, 4.69) is 20.8 Å². The van der Waals surface area contributed by atoms with Crippen LogP contribution in [0.4, 0.5) is 10.8 Å². The molecule has 0 aliphatic rings. The summed E-state index contributed by atoms with van der Waals surface area (Å²) in [6.45, 7) is 2.43. The van der Waals surface area contributed by atoms with Gasteiger partial charge in [-0.05, 0) is 24.6 Å². The number of para-hydroxylation sites is 1. The summed E-state index contributed by atoms with van der Waals surface area (Å²) in [5.74, 6) is -0.341. The molecule has 0 spiro atoms. The Balaban J connectivity index is 1.59. The number of hydrogen-bond acceptors (Lipinski definition) is 7. The van der Waals surface area contributed by atoms with Gasteiger partial charge >= 0.3 is 0 Å². The molecule has 1 heterocycles. The second-order valence-electron chi connectivity index (χ2n) is 5.96. The number of nitrogens with two attached hydrogens (primary N) is 1. The predicted octanol–water partition coefficient (Wildman–Crippen LogP) is 3.09. The van der Waals surface area contributed by atoms with Gasteiger partial charge in [-0.15, -0.1) is 10.2 Å². The topological polar surface area (TPSA) is 110 Å². The summed E-state index contributed by atoms with van der Waals surface area (Å²) < 4.78 is 0.622. The molecule has 0 saturated heterocycles. The lowest BCUT2D eigenvalue weighted by molar-refractivity contribution is -0.113. The van der Waals surface area contributed by atoms with Gasteiger partial charge in [0.2, 0.25) is 11.0 Å². The van der Waals surface area contributed by atoms with Crippen molar-refractivity contribution in [2.75, 3.05) is 16.8 Å². The zero-order valence-corrected chi connectivity index (χ0v) is 16.8. The molecule has 2 amide bonds. The van der Waals surface area contributed by atoms with Crippen molar-refractivity contribution in [2.45, 2.75) is 17.8 Å². The van der Waals surface area contributed by atoms with Gasteiger partial charge in [0.15, 0.2) is 4.34 Å². The molecule has 2 aromatic carbocycles. The zero-order chi connectivity index (χ0) is 19.9. The minimum absolute atomic E-state index is 0.147. The Bertz CT molecular complexity index is 972. The second kappa shape index (κ2) is 9.34. The SMILES string of the molecule is Cc1ccc(CNC(=O)c2ccccc2NC(=O)CSc2nnc(N)s2)cc1. The van der Waals surface area contributed by atoms with E-state index in [4.69, 9.17) is 5.73 Å². The molecule has 3 rings (SSSR count). The van der Waals surface area contributed by atoms with E-state index in [0.717, 1.165) is 11.1 Å². The Morgan fingerprint density at radius 1 is 1.11 bits per heavy atom. The summed E-state index contributed by atoms with van der Waals surface area (Å²) >= 11 is 2.47. The summed E-state index contributed by atoms with van der Waals surface area (Å²) in [4.78, 5) is 24.8. The monoisotopic (exact) mass is 413 g/mol. The lowest BCUT2D eigenvalue weighted by Crippen LogP contribution is -2.25. The molecule has 28 heavy (non-hydrogen) atoms. The van der Waals surface area contributed by atoms with Crippen LogP contribution in [-0.2, 0) is 11.3 Å². The molecule has 0 atom stereocenters. The fraction of sp³-hybridized carbons (Fsp3) is 0.158. The first-order valence-electron chi connectivity index (χ1n) is 8.45. The summed E-state index contributed by atoms with van der Waals surface area (Å²) in [5, 5.41) is 13.6. The van der Waals surface area contributed by atoms with E-state index >= 15 is 0 Å². The average molecular weight is 414 g/mol. The fourth-order valence-corrected chi connectivity index (χ4v) is 3.80. The fourth-order valence-electron chi connectivity index (χ4n) is 2.37. The summed E-state index contributed by atoms with van der Waals surface area (Å²) in [6, 6.07) is 14.9. The maximum absolute atomic E-state index is 12.6. The summed E-state index contributed by atoms with van der Waals surface area (Å²) in [6.07, 6.45) is 0. The van der Waals surface area contributed by atoms with Crippen molar-refractivity contribution >= 4 is 45.7 Å².